The van der Waals surface area contributed by atoms with Gasteiger partial charge in [-0.1, -0.05) is 0 Å². The maximum atomic E-state index is 12.5. The molecule has 0 saturated carbocycles. The van der Waals surface area contributed by atoms with Crippen LogP contribution in [0.25, 0.3) is 22.0 Å². The number of aromatic nitrogens is 6. The van der Waals surface area contributed by atoms with Gasteiger partial charge in [0.05, 0.1) is 29.0 Å². The van der Waals surface area contributed by atoms with Gasteiger partial charge in [-0.15, -0.1) is 0 Å². The van der Waals surface area contributed by atoms with E-state index >= 15 is 0 Å². The summed E-state index contributed by atoms with van der Waals surface area (Å²) in [5.74, 6) is 0.480. The molecule has 1 fully saturated rings. The SMILES string of the molecule is O=c1[nH]ccc2cc(-c3cncnc3)nc(Nc3cnn(C4CCNCC4)c3)c12. The Balaban J connectivity index is 1.55. The van der Waals surface area contributed by atoms with E-state index in [0.29, 0.717) is 22.9 Å². The van der Waals surface area contributed by atoms with Gasteiger partial charge in [-0.3, -0.25) is 9.48 Å². The van der Waals surface area contributed by atoms with Crippen LogP contribution in [0.2, 0.25) is 0 Å². The number of aromatic amines is 1. The van der Waals surface area contributed by atoms with Crippen molar-refractivity contribution in [3.05, 3.63) is 59.8 Å². The van der Waals surface area contributed by atoms with Gasteiger partial charge in [0.25, 0.3) is 5.56 Å². The van der Waals surface area contributed by atoms with Crippen molar-refractivity contribution in [2.24, 2.45) is 0 Å². The molecule has 1 aliphatic heterocycles. The molecule has 5 heterocycles. The second kappa shape index (κ2) is 7.44. The molecule has 146 valence electrons. The molecule has 0 radical (unpaired) electrons. The zero-order valence-electron chi connectivity index (χ0n) is 15.7. The van der Waals surface area contributed by atoms with Gasteiger partial charge in [-0.05, 0) is 43.5 Å². The van der Waals surface area contributed by atoms with Gasteiger partial charge in [0.2, 0.25) is 0 Å². The maximum absolute atomic E-state index is 12.5. The highest BCUT2D eigenvalue weighted by atomic mass is 16.1. The molecule has 4 aromatic rings. The van der Waals surface area contributed by atoms with Crippen LogP contribution >= 0.6 is 0 Å². The normalized spacial score (nSPS) is 14.9. The molecule has 4 aromatic heterocycles. The van der Waals surface area contributed by atoms with Gasteiger partial charge >= 0.3 is 0 Å². The molecule has 3 N–H and O–H groups in total. The quantitative estimate of drug-likeness (QED) is 0.491. The first-order chi connectivity index (χ1) is 14.3. The molecule has 0 aromatic carbocycles. The van der Waals surface area contributed by atoms with E-state index in [1.807, 2.05) is 23.0 Å². The van der Waals surface area contributed by atoms with Gasteiger partial charge < -0.3 is 15.6 Å². The number of hydrogen-bond donors (Lipinski definition) is 3. The highest BCUT2D eigenvalue weighted by Crippen LogP contribution is 2.28. The number of anilines is 2. The average Bonchev–Trinajstić information content (AvgIpc) is 3.23. The van der Waals surface area contributed by atoms with Crippen LogP contribution in [-0.4, -0.2) is 42.8 Å². The van der Waals surface area contributed by atoms with Crippen molar-refractivity contribution in [3.63, 3.8) is 0 Å². The van der Waals surface area contributed by atoms with Crippen LogP contribution in [0.1, 0.15) is 18.9 Å². The Morgan fingerprint density at radius 1 is 1.14 bits per heavy atom. The molecule has 0 aliphatic carbocycles. The minimum absolute atomic E-state index is 0.195. The molecule has 0 bridgehead atoms. The summed E-state index contributed by atoms with van der Waals surface area (Å²) >= 11 is 0. The Hall–Kier alpha value is -3.59. The van der Waals surface area contributed by atoms with E-state index in [1.54, 1.807) is 24.8 Å². The van der Waals surface area contributed by atoms with Crippen LogP contribution in [0.3, 0.4) is 0 Å². The van der Waals surface area contributed by atoms with E-state index in [2.05, 4.69) is 30.7 Å². The lowest BCUT2D eigenvalue weighted by molar-refractivity contribution is 0.343. The minimum atomic E-state index is -0.195. The Kier molecular flexibility index (Phi) is 4.49. The molecule has 1 saturated heterocycles. The van der Waals surface area contributed by atoms with Gasteiger partial charge in [0.1, 0.15) is 12.1 Å². The molecule has 1 aliphatic rings. The van der Waals surface area contributed by atoms with Gasteiger partial charge in [-0.2, -0.15) is 5.10 Å². The van der Waals surface area contributed by atoms with E-state index in [0.717, 1.165) is 42.6 Å². The Labute approximate surface area is 166 Å². The van der Waals surface area contributed by atoms with Crippen molar-refractivity contribution < 1.29 is 0 Å². The van der Waals surface area contributed by atoms with Crippen molar-refractivity contribution >= 4 is 22.3 Å². The Morgan fingerprint density at radius 3 is 2.79 bits per heavy atom. The zero-order valence-corrected chi connectivity index (χ0v) is 15.7. The minimum Gasteiger partial charge on any atom is -0.337 e. The number of H-pyrrole nitrogens is 1. The smallest absolute Gasteiger partial charge is 0.259 e. The number of nitrogens with one attached hydrogen (secondary N) is 3. The van der Waals surface area contributed by atoms with E-state index < -0.39 is 0 Å². The Morgan fingerprint density at radius 2 is 1.97 bits per heavy atom. The molecular formula is C20H20N8O. The van der Waals surface area contributed by atoms with E-state index in [4.69, 9.17) is 4.98 Å². The maximum Gasteiger partial charge on any atom is 0.259 e. The first-order valence-electron chi connectivity index (χ1n) is 9.58. The fraction of sp³-hybridized carbons (Fsp3) is 0.250. The fourth-order valence-electron chi connectivity index (χ4n) is 3.69. The van der Waals surface area contributed by atoms with Gasteiger partial charge in [0.15, 0.2) is 0 Å². The lowest BCUT2D eigenvalue weighted by Crippen LogP contribution is -2.29. The van der Waals surface area contributed by atoms with Gasteiger partial charge in [0, 0.05) is 30.4 Å². The summed E-state index contributed by atoms with van der Waals surface area (Å²) in [6.45, 7) is 1.99. The molecule has 9 nitrogen and oxygen atoms in total. The van der Waals surface area contributed by atoms with Crippen LogP contribution in [0.4, 0.5) is 11.5 Å². The van der Waals surface area contributed by atoms with Crippen LogP contribution in [0.15, 0.2) is 54.2 Å². The lowest BCUT2D eigenvalue weighted by atomic mass is 10.1. The summed E-state index contributed by atoms with van der Waals surface area (Å²) in [6.07, 6.45) is 12.3. The molecule has 9 heteroatoms. The summed E-state index contributed by atoms with van der Waals surface area (Å²) in [7, 11) is 0. The fourth-order valence-corrected chi connectivity index (χ4v) is 3.69. The largest absolute Gasteiger partial charge is 0.337 e. The number of hydrogen-bond acceptors (Lipinski definition) is 7. The van der Waals surface area contributed by atoms with E-state index in [-0.39, 0.29) is 5.56 Å². The second-order valence-electron chi connectivity index (χ2n) is 7.07. The molecule has 0 unspecified atom stereocenters. The summed E-state index contributed by atoms with van der Waals surface area (Å²) in [4.78, 5) is 28.1. The Bertz CT molecular complexity index is 1190. The van der Waals surface area contributed by atoms with Crippen LogP contribution < -0.4 is 16.2 Å². The molecule has 0 amide bonds. The zero-order chi connectivity index (χ0) is 19.6. The molecule has 5 rings (SSSR count). The number of fused-ring (bicyclic) bond motifs is 1. The topological polar surface area (TPSA) is 113 Å². The highest BCUT2D eigenvalue weighted by Gasteiger charge is 2.17. The molecule has 0 atom stereocenters. The summed E-state index contributed by atoms with van der Waals surface area (Å²) in [5, 5.41) is 12.5. The highest BCUT2D eigenvalue weighted by molar-refractivity contribution is 5.94. The third-order valence-corrected chi connectivity index (χ3v) is 5.16. The number of piperidine rings is 1. The predicted octanol–water partition coefficient (Wildman–Crippen LogP) is 2.24. The van der Waals surface area contributed by atoms with Crippen molar-refractivity contribution in [1.82, 2.24) is 35.0 Å². The molecule has 0 spiro atoms. The second-order valence-corrected chi connectivity index (χ2v) is 7.07. The predicted molar refractivity (Wildman–Crippen MR) is 110 cm³/mol. The van der Waals surface area contributed by atoms with Crippen molar-refractivity contribution in [3.8, 4) is 11.3 Å². The summed E-state index contributed by atoms with van der Waals surface area (Å²) in [6, 6.07) is 4.11. The monoisotopic (exact) mass is 388 g/mol. The van der Waals surface area contributed by atoms with Crippen molar-refractivity contribution in [1.29, 1.82) is 0 Å². The standard InChI is InChI=1S/C20H20N8O/c29-20-18-13(1-6-24-20)7-17(14-8-22-12-23-9-14)27-19(18)26-15-10-25-28(11-15)16-2-4-21-5-3-16/h1,6-12,16,21H,2-5H2,(H,24,29)(H,26,27). The van der Waals surface area contributed by atoms with E-state index in [9.17, 15) is 4.79 Å². The number of pyridine rings is 2. The first-order valence-corrected chi connectivity index (χ1v) is 9.58. The number of rotatable bonds is 4. The summed E-state index contributed by atoms with van der Waals surface area (Å²) < 4.78 is 1.99. The van der Waals surface area contributed by atoms with Gasteiger partial charge in [-0.25, -0.2) is 15.0 Å². The molecule has 29 heavy (non-hydrogen) atoms. The van der Waals surface area contributed by atoms with Crippen molar-refractivity contribution in [2.45, 2.75) is 18.9 Å². The molecular weight excluding hydrogens is 368 g/mol. The lowest BCUT2D eigenvalue weighted by Gasteiger charge is -2.22. The first kappa shape index (κ1) is 17.5. The third-order valence-electron chi connectivity index (χ3n) is 5.16. The van der Waals surface area contributed by atoms with Crippen LogP contribution in [-0.2, 0) is 0 Å². The third kappa shape index (κ3) is 3.47. The number of nitrogens with zero attached hydrogens (tertiary/aromatic N) is 5. The van der Waals surface area contributed by atoms with Crippen LogP contribution in [0.5, 0.6) is 0 Å². The van der Waals surface area contributed by atoms with Crippen LogP contribution in [0, 0.1) is 0 Å². The van der Waals surface area contributed by atoms with E-state index in [1.165, 1.54) is 6.33 Å². The summed E-state index contributed by atoms with van der Waals surface area (Å²) in [5.41, 5.74) is 2.07. The average molecular weight is 388 g/mol. The van der Waals surface area contributed by atoms with Crippen molar-refractivity contribution in [2.75, 3.05) is 18.4 Å².